The van der Waals surface area contributed by atoms with E-state index in [-0.39, 0.29) is 0 Å². The van der Waals surface area contributed by atoms with Crippen LogP contribution in [0.25, 0.3) is 0 Å². The van der Waals surface area contributed by atoms with Gasteiger partial charge in [0.2, 0.25) is 0 Å². The molecular weight excluding hydrogens is 260 g/mol. The summed E-state index contributed by atoms with van der Waals surface area (Å²) in [6, 6.07) is 0. The first-order chi connectivity index (χ1) is 6.60. The summed E-state index contributed by atoms with van der Waals surface area (Å²) in [5.41, 5.74) is 0.516. The van der Waals surface area contributed by atoms with Gasteiger partial charge in [-0.25, -0.2) is 0 Å². The quantitative estimate of drug-likeness (QED) is 0.495. The van der Waals surface area contributed by atoms with Crippen LogP contribution < -0.4 is 0 Å². The van der Waals surface area contributed by atoms with Crippen LogP contribution in [-0.2, 0) is 8.85 Å². The summed E-state index contributed by atoms with van der Waals surface area (Å²) in [4.78, 5) is 0. The van der Waals surface area contributed by atoms with Gasteiger partial charge in [0.1, 0.15) is 0 Å². The van der Waals surface area contributed by atoms with E-state index < -0.39 is 7.18 Å². The van der Waals surface area contributed by atoms with Crippen LogP contribution in [0.5, 0.6) is 0 Å². The third-order valence-corrected chi connectivity index (χ3v) is 8.81. The average Bonchev–Trinajstić information content (AvgIpc) is 2.15. The Bertz CT molecular complexity index is 138. The normalized spacial score (nSPS) is 14.4. The number of unbranched alkanes of at least 4 members (excludes halogenated alkanes) is 1. The van der Waals surface area contributed by atoms with Gasteiger partial charge < -0.3 is 8.85 Å². The van der Waals surface area contributed by atoms with Crippen LogP contribution in [-0.4, -0.2) is 20.4 Å². The topological polar surface area (TPSA) is 18.5 Å². The first-order valence-electron chi connectivity index (χ1n) is 5.57. The van der Waals surface area contributed by atoms with Crippen LogP contribution in [0.3, 0.4) is 0 Å². The van der Waals surface area contributed by atoms with Gasteiger partial charge in [-0.05, 0) is 20.3 Å². The van der Waals surface area contributed by atoms with Crippen molar-refractivity contribution < 1.29 is 8.85 Å². The van der Waals surface area contributed by atoms with Gasteiger partial charge in [0, 0.05) is 18.8 Å². The summed E-state index contributed by atoms with van der Waals surface area (Å²) in [5, 5.41) is 0. The third kappa shape index (κ3) is 4.91. The molecule has 0 saturated carbocycles. The van der Waals surface area contributed by atoms with Gasteiger partial charge >= 0.3 is 7.18 Å². The van der Waals surface area contributed by atoms with E-state index in [4.69, 9.17) is 8.85 Å². The lowest BCUT2D eigenvalue weighted by atomic mass is 10.2. The molecule has 1 atom stereocenters. The van der Waals surface area contributed by atoms with Crippen LogP contribution >= 0.6 is 15.3 Å². The molecule has 0 aromatic heterocycles. The van der Waals surface area contributed by atoms with E-state index in [1.54, 1.807) is 0 Å². The van der Waals surface area contributed by atoms with E-state index in [1.165, 1.54) is 19.3 Å². The Balaban J connectivity index is 4.15. The molecule has 0 aromatic carbocycles. The van der Waals surface area contributed by atoms with Crippen molar-refractivity contribution in [2.75, 3.05) is 13.2 Å². The van der Waals surface area contributed by atoms with Crippen LogP contribution in [0.4, 0.5) is 0 Å². The van der Waals surface area contributed by atoms with Gasteiger partial charge in [0.25, 0.3) is 0 Å². The standard InChI is InChI=1S/C10H23BrO2Si/c1-5-8-9-10(4)14(11,12-6-2)13-7-3/h10H,5-9H2,1-4H3. The zero-order valence-electron chi connectivity index (χ0n) is 9.81. The van der Waals surface area contributed by atoms with E-state index in [2.05, 4.69) is 29.1 Å². The van der Waals surface area contributed by atoms with E-state index in [9.17, 15) is 0 Å². The van der Waals surface area contributed by atoms with Gasteiger partial charge in [0.05, 0.1) is 0 Å². The van der Waals surface area contributed by atoms with E-state index in [0.717, 1.165) is 13.2 Å². The molecule has 0 N–H and O–H groups in total. The van der Waals surface area contributed by atoms with Crippen LogP contribution in [0, 0.1) is 0 Å². The lowest BCUT2D eigenvalue weighted by Gasteiger charge is -2.29. The Morgan fingerprint density at radius 3 is 2.00 bits per heavy atom. The summed E-state index contributed by atoms with van der Waals surface area (Å²) in [7, 11) is -2.08. The first-order valence-corrected chi connectivity index (χ1v) is 9.72. The van der Waals surface area contributed by atoms with Crippen molar-refractivity contribution in [3.05, 3.63) is 0 Å². The van der Waals surface area contributed by atoms with Gasteiger partial charge in [-0.15, -0.1) is 0 Å². The van der Waals surface area contributed by atoms with Crippen molar-refractivity contribution in [2.45, 2.75) is 52.5 Å². The van der Waals surface area contributed by atoms with E-state index >= 15 is 0 Å². The fourth-order valence-corrected chi connectivity index (χ4v) is 5.45. The minimum absolute atomic E-state index is 0.516. The molecule has 0 rings (SSSR count). The minimum Gasteiger partial charge on any atom is -0.386 e. The molecule has 0 saturated heterocycles. The van der Waals surface area contributed by atoms with Crippen molar-refractivity contribution in [3.8, 4) is 0 Å². The fourth-order valence-electron chi connectivity index (χ4n) is 1.40. The molecule has 0 spiro atoms. The molecule has 0 aliphatic rings. The molecule has 0 aliphatic heterocycles. The summed E-state index contributed by atoms with van der Waals surface area (Å²) < 4.78 is 11.5. The lowest BCUT2D eigenvalue weighted by Crippen LogP contribution is -2.39. The number of hydrogen-bond acceptors (Lipinski definition) is 2. The Morgan fingerprint density at radius 2 is 1.64 bits per heavy atom. The second kappa shape index (κ2) is 7.85. The Morgan fingerprint density at radius 1 is 1.14 bits per heavy atom. The van der Waals surface area contributed by atoms with Crippen molar-refractivity contribution >= 4 is 22.5 Å². The number of hydrogen-bond donors (Lipinski definition) is 0. The van der Waals surface area contributed by atoms with Crippen molar-refractivity contribution in [2.24, 2.45) is 0 Å². The summed E-state index contributed by atoms with van der Waals surface area (Å²) in [6.07, 6.45) is 3.68. The zero-order valence-corrected chi connectivity index (χ0v) is 12.4. The highest BCUT2D eigenvalue weighted by atomic mass is 79.9. The molecule has 0 aromatic rings. The minimum atomic E-state index is -2.08. The highest BCUT2D eigenvalue weighted by molar-refractivity contribution is 9.25. The zero-order chi connectivity index (χ0) is 11.0. The van der Waals surface area contributed by atoms with Gasteiger partial charge in [-0.3, -0.25) is 0 Å². The molecule has 0 heterocycles. The largest absolute Gasteiger partial charge is 0.417 e. The molecular formula is C10H23BrO2Si. The second-order valence-corrected chi connectivity index (χ2v) is 9.54. The van der Waals surface area contributed by atoms with Gasteiger partial charge in [-0.1, -0.05) is 42.0 Å². The first kappa shape index (κ1) is 14.6. The fraction of sp³-hybridized carbons (Fsp3) is 1.00. The number of rotatable bonds is 8. The molecule has 14 heavy (non-hydrogen) atoms. The maximum Gasteiger partial charge on any atom is 0.417 e. The monoisotopic (exact) mass is 282 g/mol. The summed E-state index contributed by atoms with van der Waals surface area (Å²) in [5.74, 6) is 0. The smallest absolute Gasteiger partial charge is 0.386 e. The maximum atomic E-state index is 5.76. The van der Waals surface area contributed by atoms with Crippen molar-refractivity contribution in [1.29, 1.82) is 0 Å². The molecule has 4 heteroatoms. The predicted octanol–water partition coefficient (Wildman–Crippen LogP) is 3.97. The third-order valence-electron chi connectivity index (χ3n) is 2.26. The van der Waals surface area contributed by atoms with Crippen molar-refractivity contribution in [1.82, 2.24) is 0 Å². The highest BCUT2D eigenvalue weighted by Gasteiger charge is 2.40. The van der Waals surface area contributed by atoms with Crippen LogP contribution in [0.15, 0.2) is 0 Å². The van der Waals surface area contributed by atoms with Gasteiger partial charge in [0.15, 0.2) is 0 Å². The molecule has 0 bridgehead atoms. The van der Waals surface area contributed by atoms with Crippen molar-refractivity contribution in [3.63, 3.8) is 0 Å². The molecule has 1 unspecified atom stereocenters. The molecule has 2 nitrogen and oxygen atoms in total. The van der Waals surface area contributed by atoms with Crippen LogP contribution in [0.1, 0.15) is 47.0 Å². The molecule has 0 fully saturated rings. The molecule has 0 amide bonds. The van der Waals surface area contributed by atoms with E-state index in [1.807, 2.05) is 13.8 Å². The maximum absolute atomic E-state index is 5.76. The summed E-state index contributed by atoms with van der Waals surface area (Å²) >= 11 is 3.70. The highest BCUT2D eigenvalue weighted by Crippen LogP contribution is 2.33. The average molecular weight is 283 g/mol. The SMILES string of the molecule is CCCCC(C)[Si](Br)(OCC)OCC. The van der Waals surface area contributed by atoms with Crippen LogP contribution in [0.2, 0.25) is 5.54 Å². The lowest BCUT2D eigenvalue weighted by molar-refractivity contribution is 0.196. The second-order valence-electron chi connectivity index (χ2n) is 3.49. The predicted molar refractivity (Wildman–Crippen MR) is 66.9 cm³/mol. The Labute approximate surface area is 97.2 Å². The Hall–Kier alpha value is 0.617. The van der Waals surface area contributed by atoms with Gasteiger partial charge in [-0.2, -0.15) is 0 Å². The molecule has 0 radical (unpaired) electrons. The Kier molecular flexibility index (Phi) is 8.20. The van der Waals surface area contributed by atoms with E-state index in [0.29, 0.717) is 5.54 Å². The molecule has 86 valence electrons. The molecule has 0 aliphatic carbocycles. The summed E-state index contributed by atoms with van der Waals surface area (Å²) in [6.45, 7) is 9.94. The number of halogens is 1.